The first-order chi connectivity index (χ1) is 8.36. The highest BCUT2D eigenvalue weighted by Gasteiger charge is 2.09. The Bertz CT molecular complexity index is 409. The summed E-state index contributed by atoms with van der Waals surface area (Å²) in [5.74, 6) is -0.148. The van der Waals surface area contributed by atoms with Gasteiger partial charge in [0.05, 0.1) is 0 Å². The molecule has 1 aliphatic heterocycles. The second-order valence-corrected chi connectivity index (χ2v) is 3.78. The van der Waals surface area contributed by atoms with Crippen LogP contribution in [0.1, 0.15) is 12.0 Å². The molecular formula is C14H15FO2. The van der Waals surface area contributed by atoms with E-state index < -0.39 is 0 Å². The van der Waals surface area contributed by atoms with Gasteiger partial charge in [-0.1, -0.05) is 30.3 Å². The molecule has 0 fully saturated rings. The summed E-state index contributed by atoms with van der Waals surface area (Å²) >= 11 is 0. The van der Waals surface area contributed by atoms with E-state index in [-0.39, 0.29) is 11.6 Å². The standard InChI is InChI=1S/C14H15FO2/c15-13(14-11-16-9-10-17-14)8-4-7-12-5-2-1-3-6-12/h1-3,5-6,8,11H,4,7,9-10H2/b13-8-. The van der Waals surface area contributed by atoms with Crippen LogP contribution in [0.25, 0.3) is 0 Å². The molecule has 1 heterocycles. The predicted molar refractivity (Wildman–Crippen MR) is 63.9 cm³/mol. The van der Waals surface area contributed by atoms with Crippen LogP contribution in [-0.2, 0) is 15.9 Å². The van der Waals surface area contributed by atoms with Crippen molar-refractivity contribution in [3.8, 4) is 0 Å². The summed E-state index contributed by atoms with van der Waals surface area (Å²) in [6.45, 7) is 0.895. The number of hydrogen-bond donors (Lipinski definition) is 0. The van der Waals surface area contributed by atoms with Crippen molar-refractivity contribution in [2.24, 2.45) is 0 Å². The zero-order valence-electron chi connectivity index (χ0n) is 9.56. The molecule has 0 atom stereocenters. The maximum Gasteiger partial charge on any atom is 0.189 e. The van der Waals surface area contributed by atoms with Gasteiger partial charge in [0.25, 0.3) is 0 Å². The Morgan fingerprint density at radius 1 is 1.24 bits per heavy atom. The first kappa shape index (κ1) is 11.7. The van der Waals surface area contributed by atoms with E-state index in [1.807, 2.05) is 30.3 Å². The van der Waals surface area contributed by atoms with Crippen LogP contribution in [0.4, 0.5) is 4.39 Å². The first-order valence-corrected chi connectivity index (χ1v) is 5.71. The summed E-state index contributed by atoms with van der Waals surface area (Å²) in [6.07, 6.45) is 4.34. The van der Waals surface area contributed by atoms with E-state index in [4.69, 9.17) is 9.47 Å². The molecule has 0 unspecified atom stereocenters. The molecular weight excluding hydrogens is 219 g/mol. The lowest BCUT2D eigenvalue weighted by Gasteiger charge is -2.13. The maximum absolute atomic E-state index is 13.6. The topological polar surface area (TPSA) is 18.5 Å². The van der Waals surface area contributed by atoms with Gasteiger partial charge >= 0.3 is 0 Å². The molecule has 0 N–H and O–H groups in total. The average Bonchev–Trinajstić information content (AvgIpc) is 2.41. The number of rotatable bonds is 4. The van der Waals surface area contributed by atoms with Gasteiger partial charge in [0.1, 0.15) is 19.5 Å². The molecule has 2 rings (SSSR count). The fourth-order valence-corrected chi connectivity index (χ4v) is 1.60. The van der Waals surface area contributed by atoms with Crippen molar-refractivity contribution in [2.45, 2.75) is 12.8 Å². The minimum Gasteiger partial charge on any atom is -0.494 e. The number of allylic oxidation sites excluding steroid dienone is 2. The maximum atomic E-state index is 13.6. The molecule has 1 aliphatic rings. The SMILES string of the molecule is F/C(=C\CCc1ccccc1)C1=COCCO1. The normalized spacial score (nSPS) is 15.8. The van der Waals surface area contributed by atoms with Crippen molar-refractivity contribution in [3.63, 3.8) is 0 Å². The Labute approximate surface area is 100 Å². The summed E-state index contributed by atoms with van der Waals surface area (Å²) in [7, 11) is 0. The molecule has 0 amide bonds. The molecule has 17 heavy (non-hydrogen) atoms. The lowest BCUT2D eigenvalue weighted by atomic mass is 10.1. The molecule has 0 saturated carbocycles. The summed E-state index contributed by atoms with van der Waals surface area (Å²) in [5.41, 5.74) is 1.20. The van der Waals surface area contributed by atoms with Crippen molar-refractivity contribution in [1.29, 1.82) is 0 Å². The molecule has 0 aliphatic carbocycles. The third-order valence-corrected chi connectivity index (χ3v) is 2.48. The third-order valence-electron chi connectivity index (χ3n) is 2.48. The number of aryl methyl sites for hydroxylation is 1. The zero-order chi connectivity index (χ0) is 11.9. The Morgan fingerprint density at radius 2 is 2.06 bits per heavy atom. The highest BCUT2D eigenvalue weighted by molar-refractivity contribution is 5.20. The smallest absolute Gasteiger partial charge is 0.189 e. The Balaban J connectivity index is 1.86. The zero-order valence-corrected chi connectivity index (χ0v) is 9.56. The molecule has 0 bridgehead atoms. The second-order valence-electron chi connectivity index (χ2n) is 3.78. The molecule has 90 valence electrons. The van der Waals surface area contributed by atoms with Crippen LogP contribution < -0.4 is 0 Å². The van der Waals surface area contributed by atoms with Gasteiger partial charge in [-0.25, -0.2) is 4.39 Å². The highest BCUT2D eigenvalue weighted by atomic mass is 19.1. The van der Waals surface area contributed by atoms with Gasteiger partial charge in [0, 0.05) is 0 Å². The van der Waals surface area contributed by atoms with Gasteiger partial charge in [0.2, 0.25) is 0 Å². The second kappa shape index (κ2) is 6.09. The van der Waals surface area contributed by atoms with Crippen LogP contribution in [0, 0.1) is 0 Å². The van der Waals surface area contributed by atoms with Crippen molar-refractivity contribution in [2.75, 3.05) is 13.2 Å². The van der Waals surface area contributed by atoms with Crippen LogP contribution in [0.2, 0.25) is 0 Å². The Kier molecular flexibility index (Phi) is 4.19. The molecule has 0 radical (unpaired) electrons. The van der Waals surface area contributed by atoms with Crippen LogP contribution in [-0.4, -0.2) is 13.2 Å². The first-order valence-electron chi connectivity index (χ1n) is 5.71. The number of hydrogen-bond acceptors (Lipinski definition) is 2. The lowest BCUT2D eigenvalue weighted by Crippen LogP contribution is -2.08. The number of benzene rings is 1. The number of halogens is 1. The Morgan fingerprint density at radius 3 is 2.76 bits per heavy atom. The van der Waals surface area contributed by atoms with E-state index in [9.17, 15) is 4.39 Å². The quantitative estimate of drug-likeness (QED) is 0.795. The average molecular weight is 234 g/mol. The summed E-state index contributed by atoms with van der Waals surface area (Å²) in [5, 5.41) is 0. The van der Waals surface area contributed by atoms with E-state index in [1.54, 1.807) is 0 Å². The van der Waals surface area contributed by atoms with Gasteiger partial charge in [-0.05, 0) is 24.5 Å². The molecule has 0 saturated heterocycles. The monoisotopic (exact) mass is 234 g/mol. The molecule has 1 aromatic carbocycles. The highest BCUT2D eigenvalue weighted by Crippen LogP contribution is 2.17. The van der Waals surface area contributed by atoms with E-state index in [0.717, 1.165) is 6.42 Å². The van der Waals surface area contributed by atoms with E-state index in [1.165, 1.54) is 17.9 Å². The van der Waals surface area contributed by atoms with Gasteiger partial charge in [-0.3, -0.25) is 0 Å². The van der Waals surface area contributed by atoms with Crippen molar-refractivity contribution in [3.05, 3.63) is 59.8 Å². The summed E-state index contributed by atoms with van der Waals surface area (Å²) in [4.78, 5) is 0. The fraction of sp³-hybridized carbons (Fsp3) is 0.286. The van der Waals surface area contributed by atoms with E-state index in [0.29, 0.717) is 19.6 Å². The van der Waals surface area contributed by atoms with Crippen LogP contribution >= 0.6 is 0 Å². The Hall–Kier alpha value is -1.77. The van der Waals surface area contributed by atoms with Gasteiger partial charge in [0.15, 0.2) is 11.6 Å². The van der Waals surface area contributed by atoms with Crippen LogP contribution in [0.15, 0.2) is 54.3 Å². The van der Waals surface area contributed by atoms with Crippen molar-refractivity contribution < 1.29 is 13.9 Å². The van der Waals surface area contributed by atoms with E-state index in [2.05, 4.69) is 0 Å². The molecule has 0 aromatic heterocycles. The minimum absolute atomic E-state index is 0.198. The van der Waals surface area contributed by atoms with Crippen molar-refractivity contribution in [1.82, 2.24) is 0 Å². The summed E-state index contributed by atoms with van der Waals surface area (Å²) < 4.78 is 23.7. The van der Waals surface area contributed by atoms with Gasteiger partial charge in [-0.2, -0.15) is 0 Å². The van der Waals surface area contributed by atoms with Crippen LogP contribution in [0.3, 0.4) is 0 Å². The predicted octanol–water partition coefficient (Wildman–Crippen LogP) is 3.36. The molecule has 2 nitrogen and oxygen atoms in total. The van der Waals surface area contributed by atoms with Crippen LogP contribution in [0.5, 0.6) is 0 Å². The number of ether oxygens (including phenoxy) is 2. The minimum atomic E-state index is -0.347. The third kappa shape index (κ3) is 3.63. The largest absolute Gasteiger partial charge is 0.494 e. The van der Waals surface area contributed by atoms with Gasteiger partial charge < -0.3 is 9.47 Å². The van der Waals surface area contributed by atoms with Crippen molar-refractivity contribution >= 4 is 0 Å². The van der Waals surface area contributed by atoms with E-state index >= 15 is 0 Å². The molecule has 1 aromatic rings. The summed E-state index contributed by atoms with van der Waals surface area (Å²) in [6, 6.07) is 10.0. The fourth-order valence-electron chi connectivity index (χ4n) is 1.60. The molecule has 0 spiro atoms. The molecule has 3 heteroatoms. The van der Waals surface area contributed by atoms with Gasteiger partial charge in [-0.15, -0.1) is 0 Å². The lowest BCUT2D eigenvalue weighted by molar-refractivity contribution is 0.0842.